The molecule has 1 rings (SSSR count). The molecule has 1 aromatic rings. The second-order valence-electron chi connectivity index (χ2n) is 3.68. The van der Waals surface area contributed by atoms with Gasteiger partial charge < -0.3 is 4.90 Å². The van der Waals surface area contributed by atoms with Crippen LogP contribution in [-0.4, -0.2) is 17.6 Å². The van der Waals surface area contributed by atoms with Crippen LogP contribution < -0.4 is 4.90 Å². The summed E-state index contributed by atoms with van der Waals surface area (Å²) in [5.41, 5.74) is 2.33. The van der Waals surface area contributed by atoms with Gasteiger partial charge in [-0.15, -0.1) is 11.6 Å². The average Bonchev–Trinajstić information content (AvgIpc) is 2.30. The molecule has 0 aliphatic heterocycles. The van der Waals surface area contributed by atoms with Gasteiger partial charge >= 0.3 is 0 Å². The SMILES string of the molecule is CCC(C)N(CC)c1cnccc1CCl. The zero-order valence-electron chi connectivity index (χ0n) is 9.70. The fourth-order valence-corrected chi connectivity index (χ4v) is 1.95. The first-order valence-corrected chi connectivity index (χ1v) is 6.03. The Labute approximate surface area is 97.3 Å². The van der Waals surface area contributed by atoms with Gasteiger partial charge in [0.1, 0.15) is 0 Å². The van der Waals surface area contributed by atoms with Crippen molar-refractivity contribution >= 4 is 17.3 Å². The summed E-state index contributed by atoms with van der Waals surface area (Å²) in [6, 6.07) is 2.52. The summed E-state index contributed by atoms with van der Waals surface area (Å²) >= 11 is 5.93. The summed E-state index contributed by atoms with van der Waals surface area (Å²) in [5, 5.41) is 0. The van der Waals surface area contributed by atoms with Crippen molar-refractivity contribution in [3.05, 3.63) is 24.0 Å². The van der Waals surface area contributed by atoms with E-state index in [0.29, 0.717) is 11.9 Å². The summed E-state index contributed by atoms with van der Waals surface area (Å²) in [5.74, 6) is 0.546. The van der Waals surface area contributed by atoms with Crippen LogP contribution in [-0.2, 0) is 5.88 Å². The van der Waals surface area contributed by atoms with E-state index in [9.17, 15) is 0 Å². The lowest BCUT2D eigenvalue weighted by Crippen LogP contribution is -2.33. The minimum absolute atomic E-state index is 0.529. The van der Waals surface area contributed by atoms with Crippen molar-refractivity contribution in [2.75, 3.05) is 11.4 Å². The molecule has 3 heteroatoms. The molecule has 1 aromatic heterocycles. The van der Waals surface area contributed by atoms with Crippen molar-refractivity contribution in [1.29, 1.82) is 0 Å². The lowest BCUT2D eigenvalue weighted by Gasteiger charge is -2.30. The summed E-state index contributed by atoms with van der Waals surface area (Å²) in [6.07, 6.45) is 4.84. The summed E-state index contributed by atoms with van der Waals surface area (Å²) in [6.45, 7) is 7.58. The highest BCUT2D eigenvalue weighted by Crippen LogP contribution is 2.23. The summed E-state index contributed by atoms with van der Waals surface area (Å²) < 4.78 is 0. The maximum Gasteiger partial charge on any atom is 0.0599 e. The lowest BCUT2D eigenvalue weighted by molar-refractivity contribution is 0.627. The van der Waals surface area contributed by atoms with Crippen molar-refractivity contribution in [1.82, 2.24) is 4.98 Å². The van der Waals surface area contributed by atoms with E-state index in [1.54, 1.807) is 6.20 Å². The molecular formula is C12H19ClN2. The van der Waals surface area contributed by atoms with Gasteiger partial charge in [0.2, 0.25) is 0 Å². The first-order chi connectivity index (χ1) is 7.24. The Morgan fingerprint density at radius 2 is 2.20 bits per heavy atom. The largest absolute Gasteiger partial charge is 0.368 e. The Bertz CT molecular complexity index is 301. The van der Waals surface area contributed by atoms with E-state index in [2.05, 4.69) is 30.7 Å². The summed E-state index contributed by atoms with van der Waals surface area (Å²) in [7, 11) is 0. The topological polar surface area (TPSA) is 16.1 Å². The molecule has 1 unspecified atom stereocenters. The molecule has 2 nitrogen and oxygen atoms in total. The first kappa shape index (κ1) is 12.3. The number of hydrogen-bond donors (Lipinski definition) is 0. The van der Waals surface area contributed by atoms with Gasteiger partial charge in [-0.25, -0.2) is 0 Å². The zero-order valence-corrected chi connectivity index (χ0v) is 10.5. The number of alkyl halides is 1. The van der Waals surface area contributed by atoms with Crippen LogP contribution in [0, 0.1) is 0 Å². The number of aromatic nitrogens is 1. The molecule has 84 valence electrons. The smallest absolute Gasteiger partial charge is 0.0599 e. The molecule has 0 N–H and O–H groups in total. The van der Waals surface area contributed by atoms with E-state index in [1.807, 2.05) is 12.3 Å². The molecule has 1 heterocycles. The molecule has 0 radical (unpaired) electrons. The highest BCUT2D eigenvalue weighted by molar-refractivity contribution is 6.17. The van der Waals surface area contributed by atoms with Crippen LogP contribution in [0.5, 0.6) is 0 Å². The number of halogens is 1. The number of pyridine rings is 1. The molecule has 0 aliphatic carbocycles. The Balaban J connectivity index is 3.00. The number of anilines is 1. The molecule has 0 spiro atoms. The quantitative estimate of drug-likeness (QED) is 0.715. The van der Waals surface area contributed by atoms with E-state index in [-0.39, 0.29) is 0 Å². The van der Waals surface area contributed by atoms with Gasteiger partial charge in [-0.3, -0.25) is 4.98 Å². The van der Waals surface area contributed by atoms with Gasteiger partial charge in [0, 0.05) is 24.7 Å². The highest BCUT2D eigenvalue weighted by atomic mass is 35.5. The van der Waals surface area contributed by atoms with Gasteiger partial charge in [-0.2, -0.15) is 0 Å². The highest BCUT2D eigenvalue weighted by Gasteiger charge is 2.13. The van der Waals surface area contributed by atoms with Crippen LogP contribution in [0.2, 0.25) is 0 Å². The minimum atomic E-state index is 0.529. The maximum absolute atomic E-state index is 5.93. The van der Waals surface area contributed by atoms with Crippen LogP contribution in [0.25, 0.3) is 0 Å². The Kier molecular flexibility index (Phi) is 4.89. The van der Waals surface area contributed by atoms with Crippen LogP contribution in [0.1, 0.15) is 32.8 Å². The van der Waals surface area contributed by atoms with Crippen molar-refractivity contribution in [3.63, 3.8) is 0 Å². The fraction of sp³-hybridized carbons (Fsp3) is 0.583. The lowest BCUT2D eigenvalue weighted by atomic mass is 10.1. The molecule has 0 aliphatic rings. The summed E-state index contributed by atoms with van der Waals surface area (Å²) in [4.78, 5) is 6.53. The molecule has 0 saturated carbocycles. The molecule has 0 fully saturated rings. The Morgan fingerprint density at radius 3 is 2.73 bits per heavy atom. The number of hydrogen-bond acceptors (Lipinski definition) is 2. The third-order valence-electron chi connectivity index (χ3n) is 2.80. The van der Waals surface area contributed by atoms with E-state index in [0.717, 1.165) is 18.5 Å². The standard InChI is InChI=1S/C12H19ClN2/c1-4-10(3)15(5-2)12-9-14-7-6-11(12)8-13/h6-7,9-10H,4-5,8H2,1-3H3. The van der Waals surface area contributed by atoms with Crippen molar-refractivity contribution in [2.24, 2.45) is 0 Å². The molecule has 0 aromatic carbocycles. The van der Waals surface area contributed by atoms with Crippen LogP contribution in [0.4, 0.5) is 5.69 Å². The molecule has 15 heavy (non-hydrogen) atoms. The number of nitrogens with zero attached hydrogens (tertiary/aromatic N) is 2. The van der Waals surface area contributed by atoms with E-state index < -0.39 is 0 Å². The van der Waals surface area contributed by atoms with Crippen LogP contribution >= 0.6 is 11.6 Å². The first-order valence-electron chi connectivity index (χ1n) is 5.50. The zero-order chi connectivity index (χ0) is 11.3. The molecule has 0 saturated heterocycles. The average molecular weight is 227 g/mol. The second kappa shape index (κ2) is 5.96. The third kappa shape index (κ3) is 2.85. The fourth-order valence-electron chi connectivity index (χ4n) is 1.73. The van der Waals surface area contributed by atoms with Gasteiger partial charge in [0.15, 0.2) is 0 Å². The van der Waals surface area contributed by atoms with Gasteiger partial charge in [0.05, 0.1) is 11.9 Å². The van der Waals surface area contributed by atoms with Crippen molar-refractivity contribution in [2.45, 2.75) is 39.1 Å². The van der Waals surface area contributed by atoms with Crippen molar-refractivity contribution in [3.8, 4) is 0 Å². The third-order valence-corrected chi connectivity index (χ3v) is 3.09. The van der Waals surface area contributed by atoms with Crippen LogP contribution in [0.3, 0.4) is 0 Å². The van der Waals surface area contributed by atoms with E-state index in [1.165, 1.54) is 5.69 Å². The predicted octanol–water partition coefficient (Wildman–Crippen LogP) is 3.45. The molecule has 0 bridgehead atoms. The van der Waals surface area contributed by atoms with Crippen molar-refractivity contribution < 1.29 is 0 Å². The van der Waals surface area contributed by atoms with Gasteiger partial charge in [-0.1, -0.05) is 6.92 Å². The van der Waals surface area contributed by atoms with Crippen LogP contribution in [0.15, 0.2) is 18.5 Å². The second-order valence-corrected chi connectivity index (χ2v) is 3.95. The minimum Gasteiger partial charge on any atom is -0.368 e. The predicted molar refractivity (Wildman–Crippen MR) is 66.6 cm³/mol. The molecular weight excluding hydrogens is 208 g/mol. The molecule has 1 atom stereocenters. The number of rotatable bonds is 5. The van der Waals surface area contributed by atoms with E-state index >= 15 is 0 Å². The Morgan fingerprint density at radius 1 is 1.47 bits per heavy atom. The Hall–Kier alpha value is -0.760. The maximum atomic E-state index is 5.93. The van der Waals surface area contributed by atoms with Gasteiger partial charge in [-0.05, 0) is 31.9 Å². The normalized spacial score (nSPS) is 12.5. The van der Waals surface area contributed by atoms with Gasteiger partial charge in [0.25, 0.3) is 0 Å². The monoisotopic (exact) mass is 226 g/mol. The molecule has 0 amide bonds. The van der Waals surface area contributed by atoms with E-state index in [4.69, 9.17) is 11.6 Å².